The number of nitrogens with zero attached hydrogens (tertiary/aromatic N) is 1. The Morgan fingerprint density at radius 1 is 1.05 bits per heavy atom. The maximum atomic E-state index is 13.3. The highest BCUT2D eigenvalue weighted by atomic mass is 127. The predicted octanol–water partition coefficient (Wildman–Crippen LogP) is 4.82. The lowest BCUT2D eigenvalue weighted by Gasteiger charge is -2.26. The number of carbonyl (C=O) groups is 4. The van der Waals surface area contributed by atoms with Crippen molar-refractivity contribution < 1.29 is 33.0 Å². The zero-order valence-corrected chi connectivity index (χ0v) is 23.1. The Balaban J connectivity index is 1.57. The van der Waals surface area contributed by atoms with Crippen molar-refractivity contribution in [2.24, 2.45) is 0 Å². The van der Waals surface area contributed by atoms with Crippen molar-refractivity contribution >= 4 is 63.8 Å². The predicted molar refractivity (Wildman–Crippen MR) is 151 cm³/mol. The second-order valence-corrected chi connectivity index (χ2v) is 9.56. The Morgan fingerprint density at radius 2 is 1.74 bits per heavy atom. The van der Waals surface area contributed by atoms with Crippen LogP contribution in [0.3, 0.4) is 0 Å². The summed E-state index contributed by atoms with van der Waals surface area (Å²) in [6.45, 7) is 3.73. The summed E-state index contributed by atoms with van der Waals surface area (Å²) < 4.78 is 25.4. The summed E-state index contributed by atoms with van der Waals surface area (Å²) in [6.07, 6.45) is 1.32. The van der Waals surface area contributed by atoms with Gasteiger partial charge in [0.15, 0.2) is 18.1 Å². The lowest BCUT2D eigenvalue weighted by Crippen LogP contribution is -2.54. The second-order valence-electron chi connectivity index (χ2n) is 8.40. The molecule has 200 valence electrons. The molecule has 2 N–H and O–H groups in total. The highest BCUT2D eigenvalue weighted by Crippen LogP contribution is 2.35. The molecule has 0 atom stereocenters. The van der Waals surface area contributed by atoms with Crippen LogP contribution in [0.4, 0.5) is 20.6 Å². The first kappa shape index (κ1) is 27.8. The summed E-state index contributed by atoms with van der Waals surface area (Å²) in [7, 11) is 0. The smallest absolute Gasteiger partial charge is 0.335 e. The topological polar surface area (TPSA) is 114 Å². The zero-order valence-electron chi connectivity index (χ0n) is 20.9. The van der Waals surface area contributed by atoms with E-state index in [1.165, 1.54) is 18.2 Å². The number of halogens is 2. The van der Waals surface area contributed by atoms with Crippen molar-refractivity contribution in [2.45, 2.75) is 13.8 Å². The molecule has 1 aliphatic rings. The standard InChI is InChI=1S/C28H23FIN3O6/c1-3-38-23-14-17(13-22(30)25(23)39-15-24(34)31-19-8-4-16(2)5-9-19)12-21-26(35)32-28(37)33(27(21)36)20-10-6-18(29)7-11-20/h4-14H,3,15H2,1-2H3,(H,31,34)(H,32,35,37)/b21-12+. The lowest BCUT2D eigenvalue weighted by molar-refractivity contribution is -0.122. The molecule has 0 bridgehead atoms. The fraction of sp³-hybridized carbons (Fsp3) is 0.143. The van der Waals surface area contributed by atoms with E-state index in [-0.39, 0.29) is 30.4 Å². The van der Waals surface area contributed by atoms with E-state index in [1.807, 2.05) is 41.6 Å². The third kappa shape index (κ3) is 6.60. The minimum absolute atomic E-state index is 0.106. The normalized spacial score (nSPS) is 14.3. The van der Waals surface area contributed by atoms with Gasteiger partial charge in [-0.3, -0.25) is 19.7 Å². The third-order valence-corrected chi connectivity index (χ3v) is 6.31. The number of barbiturate groups is 1. The molecule has 9 nitrogen and oxygen atoms in total. The van der Waals surface area contributed by atoms with Crippen LogP contribution in [0.15, 0.2) is 66.2 Å². The van der Waals surface area contributed by atoms with E-state index in [0.29, 0.717) is 26.3 Å². The van der Waals surface area contributed by atoms with E-state index in [4.69, 9.17) is 9.47 Å². The highest BCUT2D eigenvalue weighted by molar-refractivity contribution is 14.1. The van der Waals surface area contributed by atoms with Gasteiger partial charge < -0.3 is 14.8 Å². The van der Waals surface area contributed by atoms with Gasteiger partial charge in [0.2, 0.25) is 0 Å². The number of hydrogen-bond acceptors (Lipinski definition) is 6. The van der Waals surface area contributed by atoms with Crippen molar-refractivity contribution in [1.82, 2.24) is 5.32 Å². The molecule has 3 aromatic rings. The van der Waals surface area contributed by atoms with Crippen LogP contribution in [0.2, 0.25) is 0 Å². The number of imide groups is 2. The Labute approximate surface area is 237 Å². The molecule has 1 aliphatic heterocycles. The fourth-order valence-electron chi connectivity index (χ4n) is 3.69. The Kier molecular flexibility index (Phi) is 8.59. The van der Waals surface area contributed by atoms with Gasteiger partial charge in [0.25, 0.3) is 17.7 Å². The first-order chi connectivity index (χ1) is 18.7. The SMILES string of the molecule is CCOc1cc(/C=C2\C(=O)NC(=O)N(c3ccc(F)cc3)C2=O)cc(I)c1OCC(=O)Nc1ccc(C)cc1. The van der Waals surface area contributed by atoms with E-state index in [9.17, 15) is 23.6 Å². The van der Waals surface area contributed by atoms with Gasteiger partial charge in [-0.05, 0) is 96.6 Å². The molecule has 5 amide bonds. The van der Waals surface area contributed by atoms with Crippen molar-refractivity contribution in [3.05, 3.63) is 86.8 Å². The summed E-state index contributed by atoms with van der Waals surface area (Å²) in [4.78, 5) is 51.2. The van der Waals surface area contributed by atoms with Crippen molar-refractivity contribution in [1.29, 1.82) is 0 Å². The minimum Gasteiger partial charge on any atom is -0.490 e. The van der Waals surface area contributed by atoms with E-state index in [2.05, 4.69) is 10.6 Å². The lowest BCUT2D eigenvalue weighted by atomic mass is 10.1. The number of nitrogens with one attached hydrogen (secondary N) is 2. The molecule has 3 aromatic carbocycles. The fourth-order valence-corrected chi connectivity index (χ4v) is 4.48. The summed E-state index contributed by atoms with van der Waals surface area (Å²) in [5.41, 5.74) is 1.93. The van der Waals surface area contributed by atoms with Gasteiger partial charge in [0.1, 0.15) is 11.4 Å². The van der Waals surface area contributed by atoms with E-state index >= 15 is 0 Å². The van der Waals surface area contributed by atoms with Gasteiger partial charge in [-0.15, -0.1) is 0 Å². The largest absolute Gasteiger partial charge is 0.490 e. The average Bonchev–Trinajstić information content (AvgIpc) is 2.88. The first-order valence-electron chi connectivity index (χ1n) is 11.8. The number of aryl methyl sites for hydroxylation is 1. The highest BCUT2D eigenvalue weighted by Gasteiger charge is 2.37. The number of hydrogen-bond donors (Lipinski definition) is 2. The van der Waals surface area contributed by atoms with Crippen LogP contribution in [0, 0.1) is 16.3 Å². The van der Waals surface area contributed by atoms with Crippen molar-refractivity contribution in [2.75, 3.05) is 23.4 Å². The number of carbonyl (C=O) groups excluding carboxylic acids is 4. The molecule has 0 aliphatic carbocycles. The molecular formula is C28H23FIN3O6. The monoisotopic (exact) mass is 643 g/mol. The quantitative estimate of drug-likeness (QED) is 0.207. The van der Waals surface area contributed by atoms with Gasteiger partial charge in [0.05, 0.1) is 15.9 Å². The molecular weight excluding hydrogens is 620 g/mol. The zero-order chi connectivity index (χ0) is 28.1. The van der Waals surface area contributed by atoms with E-state index in [0.717, 1.165) is 22.6 Å². The summed E-state index contributed by atoms with van der Waals surface area (Å²) in [6, 6.07) is 14.3. The summed E-state index contributed by atoms with van der Waals surface area (Å²) in [5.74, 6) is -2.02. The van der Waals surface area contributed by atoms with Crippen LogP contribution < -0.4 is 25.0 Å². The number of rotatable bonds is 8. The van der Waals surface area contributed by atoms with Crippen LogP contribution in [-0.2, 0) is 14.4 Å². The molecule has 39 heavy (non-hydrogen) atoms. The maximum Gasteiger partial charge on any atom is 0.335 e. The Morgan fingerprint density at radius 3 is 2.41 bits per heavy atom. The first-order valence-corrected chi connectivity index (χ1v) is 12.9. The summed E-state index contributed by atoms with van der Waals surface area (Å²) >= 11 is 2.00. The van der Waals surface area contributed by atoms with Crippen molar-refractivity contribution in [3.8, 4) is 11.5 Å². The number of benzene rings is 3. The van der Waals surface area contributed by atoms with Gasteiger partial charge in [-0.2, -0.15) is 0 Å². The molecule has 0 spiro atoms. The molecule has 0 saturated carbocycles. The van der Waals surface area contributed by atoms with Crippen LogP contribution in [-0.4, -0.2) is 37.0 Å². The molecule has 11 heteroatoms. The minimum atomic E-state index is -0.939. The van der Waals surface area contributed by atoms with Gasteiger partial charge in [-0.25, -0.2) is 14.1 Å². The van der Waals surface area contributed by atoms with Crippen LogP contribution >= 0.6 is 22.6 Å². The Bertz CT molecular complexity index is 1470. The molecule has 0 radical (unpaired) electrons. The molecule has 1 fully saturated rings. The number of urea groups is 1. The van der Waals surface area contributed by atoms with E-state index in [1.54, 1.807) is 31.2 Å². The molecule has 0 unspecified atom stereocenters. The molecule has 1 saturated heterocycles. The Hall–Kier alpha value is -4.26. The maximum absolute atomic E-state index is 13.3. The van der Waals surface area contributed by atoms with Gasteiger partial charge in [-0.1, -0.05) is 17.7 Å². The van der Waals surface area contributed by atoms with Crippen LogP contribution in [0.1, 0.15) is 18.1 Å². The third-order valence-electron chi connectivity index (χ3n) is 5.51. The van der Waals surface area contributed by atoms with Gasteiger partial charge >= 0.3 is 6.03 Å². The summed E-state index contributed by atoms with van der Waals surface area (Å²) in [5, 5.41) is 4.89. The van der Waals surface area contributed by atoms with Crippen molar-refractivity contribution in [3.63, 3.8) is 0 Å². The molecule has 1 heterocycles. The second kappa shape index (κ2) is 12.1. The van der Waals surface area contributed by atoms with Crippen LogP contribution in [0.25, 0.3) is 6.08 Å². The average molecular weight is 643 g/mol. The molecule has 4 rings (SSSR count). The van der Waals surface area contributed by atoms with E-state index < -0.39 is 23.7 Å². The molecule has 0 aromatic heterocycles. The van der Waals surface area contributed by atoms with Gasteiger partial charge in [0, 0.05) is 5.69 Å². The number of ether oxygens (including phenoxy) is 2. The number of anilines is 2. The number of amides is 5. The van der Waals surface area contributed by atoms with Crippen LogP contribution in [0.5, 0.6) is 11.5 Å².